The molecule has 0 spiro atoms. The predicted octanol–water partition coefficient (Wildman–Crippen LogP) is 1.38. The van der Waals surface area contributed by atoms with Crippen molar-refractivity contribution in [2.45, 2.75) is 5.78 Å². The summed E-state index contributed by atoms with van der Waals surface area (Å²) in [5.74, 6) is -0.758. The lowest BCUT2D eigenvalue weighted by atomic mass is 10.2. The third kappa shape index (κ3) is 2.09. The predicted molar refractivity (Wildman–Crippen MR) is 43.2 cm³/mol. The van der Waals surface area contributed by atoms with Crippen molar-refractivity contribution in [3.05, 3.63) is 35.9 Å². The van der Waals surface area contributed by atoms with E-state index in [1.165, 1.54) is 0 Å². The van der Waals surface area contributed by atoms with Gasteiger partial charge in [0.15, 0.2) is 0 Å². The van der Waals surface area contributed by atoms with E-state index in [-0.39, 0.29) is 0 Å². The lowest BCUT2D eigenvalue weighted by Crippen LogP contribution is -2.04. The summed E-state index contributed by atoms with van der Waals surface area (Å²) in [5.41, 5.74) is 6.09. The third-order valence-corrected chi connectivity index (χ3v) is 2.15. The van der Waals surface area contributed by atoms with Crippen molar-refractivity contribution in [1.29, 1.82) is 0 Å². The summed E-state index contributed by atoms with van der Waals surface area (Å²) in [6.45, 7) is 0. The monoisotopic (exact) mass is 170 g/mol. The first kappa shape index (κ1) is 8.34. The minimum absolute atomic E-state index is 0.691. The quantitative estimate of drug-likeness (QED) is 0.659. The second kappa shape index (κ2) is 3.58. The molecule has 0 amide bonds. The summed E-state index contributed by atoms with van der Waals surface area (Å²) in [6, 6.07) is 8.87. The molecule has 0 bridgehead atoms. The molecule has 0 aliphatic heterocycles. The van der Waals surface area contributed by atoms with Crippen LogP contribution in [0.1, 0.15) is 11.3 Å². The van der Waals surface area contributed by atoms with Crippen LogP contribution in [-0.4, -0.2) is 4.89 Å². The van der Waals surface area contributed by atoms with Crippen molar-refractivity contribution in [3.8, 4) is 0 Å². The summed E-state index contributed by atoms with van der Waals surface area (Å²) in [5, 5.41) is 0. The van der Waals surface area contributed by atoms with Crippen LogP contribution < -0.4 is 5.73 Å². The van der Waals surface area contributed by atoms with Crippen LogP contribution in [0.5, 0.6) is 0 Å². The molecule has 0 radical (unpaired) electrons. The first-order valence-corrected chi connectivity index (χ1v) is 4.46. The fraction of sp³-hybridized carbons (Fsp3) is 0.143. The van der Waals surface area contributed by atoms with E-state index in [4.69, 9.17) is 10.6 Å². The number of hydrogen-bond donors (Lipinski definition) is 2. The zero-order valence-corrected chi connectivity index (χ0v) is 6.74. The van der Waals surface area contributed by atoms with Gasteiger partial charge in [-0.25, -0.2) is 0 Å². The fourth-order valence-corrected chi connectivity index (χ4v) is 1.20. The largest absolute Gasteiger partial charge is 0.529 e. The Morgan fingerprint density at radius 3 is 2.36 bits per heavy atom. The highest BCUT2D eigenvalue weighted by molar-refractivity contribution is 7.38. The molecule has 1 rings (SSSR count). The molecule has 0 aromatic heterocycles. The number of hydrogen-bond acceptors (Lipinski definition) is 2. The first-order valence-electron chi connectivity index (χ1n) is 3.17. The van der Waals surface area contributed by atoms with Crippen molar-refractivity contribution in [2.75, 3.05) is 0 Å². The summed E-state index contributed by atoms with van der Waals surface area (Å²) in [6.07, 6.45) is 0. The maximum Gasteiger partial charge on any atom is 0.529 e. The molecule has 0 saturated heterocycles. The second-order valence-corrected chi connectivity index (χ2v) is 3.32. The Morgan fingerprint density at radius 2 is 1.91 bits per heavy atom. The lowest BCUT2D eigenvalue weighted by Gasteiger charge is -1.95. The van der Waals surface area contributed by atoms with Crippen LogP contribution in [0.2, 0.25) is 0 Å². The average molecular weight is 170 g/mol. The fourth-order valence-electron chi connectivity index (χ4n) is 0.778. The molecule has 0 aliphatic carbocycles. The summed E-state index contributed by atoms with van der Waals surface area (Å²) in [4.78, 5) is 8.66. The molecule has 1 unspecified atom stereocenters. The van der Waals surface area contributed by atoms with E-state index in [0.717, 1.165) is 0 Å². The van der Waals surface area contributed by atoms with E-state index in [9.17, 15) is 4.57 Å². The first-order chi connectivity index (χ1) is 5.22. The molecular weight excluding hydrogens is 161 g/mol. The minimum atomic E-state index is -2.31. The molecule has 2 atom stereocenters. The summed E-state index contributed by atoms with van der Waals surface area (Å²) >= 11 is 0. The molecule has 0 saturated carbocycles. The van der Waals surface area contributed by atoms with E-state index >= 15 is 0 Å². The van der Waals surface area contributed by atoms with Gasteiger partial charge in [-0.2, -0.15) is 4.89 Å². The van der Waals surface area contributed by atoms with Crippen LogP contribution in [0.15, 0.2) is 30.3 Å². The molecule has 3 N–H and O–H groups in total. The second-order valence-electron chi connectivity index (χ2n) is 2.16. The van der Waals surface area contributed by atoms with Gasteiger partial charge in [-0.15, -0.1) is 0 Å². The minimum Gasteiger partial charge on any atom is -0.281 e. The van der Waals surface area contributed by atoms with E-state index < -0.39 is 13.8 Å². The Morgan fingerprint density at radius 1 is 1.36 bits per heavy atom. The lowest BCUT2D eigenvalue weighted by molar-refractivity contribution is 0.491. The van der Waals surface area contributed by atoms with Gasteiger partial charge in [0.25, 0.3) is 5.78 Å². The Bertz CT molecular complexity index is 250. The highest BCUT2D eigenvalue weighted by Gasteiger charge is 2.25. The summed E-state index contributed by atoms with van der Waals surface area (Å²) in [7, 11) is -2.31. The SMILES string of the molecule is N[C@H](c1ccccc1)[P+](=O)O. The smallest absolute Gasteiger partial charge is 0.281 e. The van der Waals surface area contributed by atoms with Gasteiger partial charge in [0.1, 0.15) is 0 Å². The number of rotatable bonds is 2. The average Bonchev–Trinajstić information content (AvgIpc) is 2.05. The maximum atomic E-state index is 10.5. The van der Waals surface area contributed by atoms with E-state index in [1.54, 1.807) is 24.3 Å². The van der Waals surface area contributed by atoms with Crippen LogP contribution in [0, 0.1) is 0 Å². The normalized spacial score (nSPS) is 14.2. The van der Waals surface area contributed by atoms with E-state index in [1.807, 2.05) is 6.07 Å². The molecule has 0 heterocycles. The summed E-state index contributed by atoms with van der Waals surface area (Å²) < 4.78 is 10.5. The van der Waals surface area contributed by atoms with Gasteiger partial charge in [-0.1, -0.05) is 30.3 Å². The van der Waals surface area contributed by atoms with Crippen LogP contribution >= 0.6 is 8.03 Å². The van der Waals surface area contributed by atoms with Crippen molar-refractivity contribution in [2.24, 2.45) is 5.73 Å². The Hall–Kier alpha value is -0.760. The standard InChI is InChI=1S/C7H8NO2P/c8-7(11(9)10)6-4-2-1-3-5-6/h1-5,7H,8H2/p+1/t7-/m0/s1. The van der Waals surface area contributed by atoms with Crippen LogP contribution in [0.3, 0.4) is 0 Å². The molecule has 0 fully saturated rings. The van der Waals surface area contributed by atoms with Gasteiger partial charge in [0.2, 0.25) is 0 Å². The van der Waals surface area contributed by atoms with Gasteiger partial charge in [0.05, 0.1) is 0 Å². The van der Waals surface area contributed by atoms with E-state index in [2.05, 4.69) is 0 Å². The number of benzene rings is 1. The maximum absolute atomic E-state index is 10.5. The van der Waals surface area contributed by atoms with Crippen molar-refractivity contribution >= 4 is 8.03 Å². The van der Waals surface area contributed by atoms with Crippen LogP contribution in [-0.2, 0) is 4.57 Å². The number of nitrogens with two attached hydrogens (primary N) is 1. The molecule has 4 heteroatoms. The molecule has 1 aromatic rings. The van der Waals surface area contributed by atoms with E-state index in [0.29, 0.717) is 5.56 Å². The van der Waals surface area contributed by atoms with Gasteiger partial charge in [0, 0.05) is 5.56 Å². The van der Waals surface area contributed by atoms with Gasteiger partial charge in [-0.05, 0) is 4.57 Å². The Balaban J connectivity index is 2.85. The van der Waals surface area contributed by atoms with Crippen LogP contribution in [0.4, 0.5) is 0 Å². The third-order valence-electron chi connectivity index (χ3n) is 1.38. The zero-order valence-electron chi connectivity index (χ0n) is 5.84. The Kier molecular flexibility index (Phi) is 2.71. The van der Waals surface area contributed by atoms with Gasteiger partial charge in [-0.3, -0.25) is 5.73 Å². The highest BCUT2D eigenvalue weighted by Crippen LogP contribution is 2.31. The van der Waals surface area contributed by atoms with Gasteiger partial charge < -0.3 is 0 Å². The van der Waals surface area contributed by atoms with Gasteiger partial charge >= 0.3 is 8.03 Å². The molecule has 3 nitrogen and oxygen atoms in total. The van der Waals surface area contributed by atoms with Crippen molar-refractivity contribution in [3.63, 3.8) is 0 Å². The topological polar surface area (TPSA) is 63.3 Å². The Labute approximate surface area is 65.7 Å². The molecule has 1 aromatic carbocycles. The molecule has 11 heavy (non-hydrogen) atoms. The molecule has 58 valence electrons. The van der Waals surface area contributed by atoms with Crippen molar-refractivity contribution < 1.29 is 9.46 Å². The zero-order chi connectivity index (χ0) is 8.27. The van der Waals surface area contributed by atoms with Crippen LogP contribution in [0.25, 0.3) is 0 Å². The molecular formula is C7H9NO2P+. The van der Waals surface area contributed by atoms with Crippen molar-refractivity contribution in [1.82, 2.24) is 0 Å². The molecule has 0 aliphatic rings. The highest BCUT2D eigenvalue weighted by atomic mass is 31.1.